The molecule has 1 aromatic carbocycles. The summed E-state index contributed by atoms with van der Waals surface area (Å²) in [6, 6.07) is 7.94. The van der Waals surface area contributed by atoms with Crippen LogP contribution in [0.15, 0.2) is 30.5 Å². The standard InChI is InChI=1S/C18H18N4O2S/c1-24-17(23)16-13(12-4-2-3-5-15(12)20-16)10-22-7-6-14-11(9-22)8-19-18(25)21-14/h2-5,8,20H,6-7,9-10H2,1H3,(H,19,21,25). The fourth-order valence-electron chi connectivity index (χ4n) is 3.40. The highest BCUT2D eigenvalue weighted by atomic mass is 32.1. The number of hydrogen-bond donors (Lipinski definition) is 2. The van der Waals surface area contributed by atoms with Gasteiger partial charge >= 0.3 is 5.97 Å². The number of carbonyl (C=O) groups excluding carboxylic acids is 1. The molecule has 2 aromatic heterocycles. The minimum Gasteiger partial charge on any atom is -0.464 e. The molecule has 25 heavy (non-hydrogen) atoms. The average molecular weight is 354 g/mol. The van der Waals surface area contributed by atoms with Gasteiger partial charge in [-0.25, -0.2) is 9.78 Å². The molecule has 7 heteroatoms. The molecule has 0 unspecified atom stereocenters. The molecule has 0 amide bonds. The molecule has 0 saturated carbocycles. The van der Waals surface area contributed by atoms with E-state index in [2.05, 4.69) is 19.9 Å². The molecule has 1 aliphatic heterocycles. The first-order valence-corrected chi connectivity index (χ1v) is 8.54. The second-order valence-corrected chi connectivity index (χ2v) is 6.56. The van der Waals surface area contributed by atoms with Crippen molar-refractivity contribution in [3.8, 4) is 0 Å². The third kappa shape index (κ3) is 2.96. The van der Waals surface area contributed by atoms with Crippen LogP contribution in [0.25, 0.3) is 10.9 Å². The topological polar surface area (TPSA) is 74.0 Å². The first-order valence-electron chi connectivity index (χ1n) is 8.13. The van der Waals surface area contributed by atoms with Gasteiger partial charge in [-0.1, -0.05) is 18.2 Å². The molecule has 0 spiro atoms. The minimum atomic E-state index is -0.339. The van der Waals surface area contributed by atoms with Crippen molar-refractivity contribution in [2.24, 2.45) is 0 Å². The second-order valence-electron chi connectivity index (χ2n) is 6.17. The summed E-state index contributed by atoms with van der Waals surface area (Å²) in [5.74, 6) is -0.339. The molecule has 0 aliphatic carbocycles. The number of ether oxygens (including phenoxy) is 1. The summed E-state index contributed by atoms with van der Waals surface area (Å²) < 4.78 is 5.47. The summed E-state index contributed by atoms with van der Waals surface area (Å²) in [5, 5.41) is 1.05. The lowest BCUT2D eigenvalue weighted by Gasteiger charge is -2.28. The van der Waals surface area contributed by atoms with E-state index in [0.29, 0.717) is 17.0 Å². The first-order chi connectivity index (χ1) is 12.2. The quantitative estimate of drug-likeness (QED) is 0.559. The zero-order valence-electron chi connectivity index (χ0n) is 13.8. The van der Waals surface area contributed by atoms with Gasteiger partial charge in [0, 0.05) is 60.0 Å². The third-order valence-corrected chi connectivity index (χ3v) is 4.85. The highest BCUT2D eigenvalue weighted by Gasteiger charge is 2.23. The Morgan fingerprint density at radius 1 is 1.36 bits per heavy atom. The zero-order chi connectivity index (χ0) is 17.4. The van der Waals surface area contributed by atoms with E-state index in [1.807, 2.05) is 30.5 Å². The van der Waals surface area contributed by atoms with Gasteiger partial charge in [-0.15, -0.1) is 0 Å². The lowest BCUT2D eigenvalue weighted by Crippen LogP contribution is -2.31. The Labute approximate surface area is 149 Å². The van der Waals surface area contributed by atoms with E-state index in [-0.39, 0.29) is 5.97 Å². The van der Waals surface area contributed by atoms with E-state index in [9.17, 15) is 4.79 Å². The number of benzene rings is 1. The maximum atomic E-state index is 12.2. The van der Waals surface area contributed by atoms with Gasteiger partial charge in [0.2, 0.25) is 0 Å². The number of carbonyl (C=O) groups is 1. The van der Waals surface area contributed by atoms with Crippen LogP contribution < -0.4 is 0 Å². The summed E-state index contributed by atoms with van der Waals surface area (Å²) in [4.78, 5) is 25.0. The molecule has 3 heterocycles. The van der Waals surface area contributed by atoms with Crippen molar-refractivity contribution in [3.05, 3.63) is 57.7 Å². The predicted octanol–water partition coefficient (Wildman–Crippen LogP) is 2.97. The molecule has 4 rings (SSSR count). The van der Waals surface area contributed by atoms with E-state index in [4.69, 9.17) is 17.0 Å². The fourth-order valence-corrected chi connectivity index (χ4v) is 3.58. The lowest BCUT2D eigenvalue weighted by molar-refractivity contribution is 0.0592. The van der Waals surface area contributed by atoms with Crippen LogP contribution in [0, 0.1) is 4.77 Å². The van der Waals surface area contributed by atoms with Crippen molar-refractivity contribution in [1.29, 1.82) is 0 Å². The van der Waals surface area contributed by atoms with Gasteiger partial charge in [-0.05, 0) is 18.3 Å². The van der Waals surface area contributed by atoms with Gasteiger partial charge < -0.3 is 14.7 Å². The summed E-state index contributed by atoms with van der Waals surface area (Å²) in [6.07, 6.45) is 2.73. The van der Waals surface area contributed by atoms with Gasteiger partial charge in [-0.2, -0.15) is 0 Å². The van der Waals surface area contributed by atoms with E-state index < -0.39 is 0 Å². The monoisotopic (exact) mass is 354 g/mol. The van der Waals surface area contributed by atoms with Crippen LogP contribution in [-0.4, -0.2) is 39.5 Å². The number of H-pyrrole nitrogens is 2. The Morgan fingerprint density at radius 3 is 3.04 bits per heavy atom. The summed E-state index contributed by atoms with van der Waals surface area (Å²) in [6.45, 7) is 2.33. The maximum absolute atomic E-state index is 12.2. The molecule has 0 fully saturated rings. The fraction of sp³-hybridized carbons (Fsp3) is 0.278. The van der Waals surface area contributed by atoms with Crippen LogP contribution in [-0.2, 0) is 24.2 Å². The molecule has 3 aromatic rings. The normalized spacial score (nSPS) is 14.4. The Kier molecular flexibility index (Phi) is 4.10. The largest absolute Gasteiger partial charge is 0.464 e. The van der Waals surface area contributed by atoms with Crippen LogP contribution in [0.4, 0.5) is 0 Å². The SMILES string of the molecule is COC(=O)c1[nH]c2ccccc2c1CN1CCc2[nH]c(=S)ncc2C1. The number of para-hydroxylation sites is 1. The average Bonchev–Trinajstić information content (AvgIpc) is 3.00. The van der Waals surface area contributed by atoms with E-state index in [0.717, 1.165) is 47.2 Å². The Bertz CT molecular complexity index is 1010. The molecule has 0 bridgehead atoms. The van der Waals surface area contributed by atoms with Crippen molar-refractivity contribution in [2.75, 3.05) is 13.7 Å². The van der Waals surface area contributed by atoms with Crippen LogP contribution >= 0.6 is 12.2 Å². The van der Waals surface area contributed by atoms with Gasteiger partial charge in [0.1, 0.15) is 5.69 Å². The Morgan fingerprint density at radius 2 is 2.20 bits per heavy atom. The second kappa shape index (κ2) is 6.42. The maximum Gasteiger partial charge on any atom is 0.354 e. The Hall–Kier alpha value is -2.51. The number of esters is 1. The van der Waals surface area contributed by atoms with Crippen molar-refractivity contribution in [1.82, 2.24) is 19.9 Å². The number of fused-ring (bicyclic) bond motifs is 2. The van der Waals surface area contributed by atoms with Crippen LogP contribution in [0.2, 0.25) is 0 Å². The highest BCUT2D eigenvalue weighted by Crippen LogP contribution is 2.26. The van der Waals surface area contributed by atoms with Crippen LogP contribution in [0.5, 0.6) is 0 Å². The molecule has 6 nitrogen and oxygen atoms in total. The lowest BCUT2D eigenvalue weighted by atomic mass is 10.0. The van der Waals surface area contributed by atoms with Crippen LogP contribution in [0.1, 0.15) is 27.3 Å². The molecular weight excluding hydrogens is 336 g/mol. The smallest absolute Gasteiger partial charge is 0.354 e. The summed E-state index contributed by atoms with van der Waals surface area (Å²) >= 11 is 5.10. The number of aromatic amines is 2. The van der Waals surface area contributed by atoms with Gasteiger partial charge in [0.05, 0.1) is 7.11 Å². The number of aromatic nitrogens is 3. The number of nitrogens with one attached hydrogen (secondary N) is 2. The molecule has 0 atom stereocenters. The third-order valence-electron chi connectivity index (χ3n) is 4.64. The first kappa shape index (κ1) is 16.0. The number of nitrogens with zero attached hydrogens (tertiary/aromatic N) is 2. The van der Waals surface area contributed by atoms with E-state index >= 15 is 0 Å². The van der Waals surface area contributed by atoms with E-state index in [1.165, 1.54) is 7.11 Å². The van der Waals surface area contributed by atoms with Crippen molar-refractivity contribution < 1.29 is 9.53 Å². The van der Waals surface area contributed by atoms with Gasteiger partial charge in [-0.3, -0.25) is 4.90 Å². The number of methoxy groups -OCH3 is 1. The molecule has 2 N–H and O–H groups in total. The molecular formula is C18H18N4O2S. The molecule has 1 aliphatic rings. The van der Waals surface area contributed by atoms with Gasteiger partial charge in [0.25, 0.3) is 0 Å². The highest BCUT2D eigenvalue weighted by molar-refractivity contribution is 7.71. The van der Waals surface area contributed by atoms with Crippen molar-refractivity contribution in [2.45, 2.75) is 19.5 Å². The molecule has 128 valence electrons. The summed E-state index contributed by atoms with van der Waals surface area (Å²) in [7, 11) is 1.41. The predicted molar refractivity (Wildman–Crippen MR) is 96.9 cm³/mol. The number of hydrogen-bond acceptors (Lipinski definition) is 5. The Balaban J connectivity index is 1.68. The minimum absolute atomic E-state index is 0.339. The van der Waals surface area contributed by atoms with Gasteiger partial charge in [0.15, 0.2) is 4.77 Å². The van der Waals surface area contributed by atoms with Crippen LogP contribution in [0.3, 0.4) is 0 Å². The van der Waals surface area contributed by atoms with E-state index in [1.54, 1.807) is 0 Å². The zero-order valence-corrected chi connectivity index (χ0v) is 14.7. The summed E-state index contributed by atoms with van der Waals surface area (Å²) in [5.41, 5.74) is 4.76. The van der Waals surface area contributed by atoms with Crippen molar-refractivity contribution >= 4 is 29.1 Å². The molecule has 0 radical (unpaired) electrons. The number of rotatable bonds is 3. The molecule has 0 saturated heterocycles. The van der Waals surface area contributed by atoms with Crippen molar-refractivity contribution in [3.63, 3.8) is 0 Å².